The standard InChI is InChI=1S/C91H159NO13/c1-3-5-7-9-11-13-15-17-19-21-23-25-27-29-31-33-35-36-37-38-39-40-41-42-43-44-45-47-49-51-53-55-57-59-61-63-65-67-69-71-73-75-83(96)92-79(78-102-90-88(101)86(99)89(82(77-94)104-90)105-91-87(100)85(98)84(97)81(76-93)103-91)80(95)74-72-70-68-66-64-62-60-58-56-54-52-50-48-46-34-32-30-28-26-24-22-20-18-16-14-12-10-8-6-4-2/h5,7,11,13,17,19,23,25,29,31,35-36,38-39,41-42,64,66,72,74,79-82,84-91,93-95,97-101H,3-4,6,8-10,12,14-16,18,20-22,24,26-28,30,32-34,37,40,43-63,65,67-71,73,75-78H2,1-2H3,(H,92,96)/b7-5-,13-11-,19-17-,25-23-,31-29-,36-35-,39-38-,42-41-,66-64+,74-72+. The van der Waals surface area contributed by atoms with Gasteiger partial charge in [0.15, 0.2) is 12.6 Å². The van der Waals surface area contributed by atoms with Crippen molar-refractivity contribution in [2.24, 2.45) is 0 Å². The molecule has 14 heteroatoms. The number of amides is 1. The number of hydrogen-bond donors (Lipinski definition) is 9. The number of allylic oxidation sites excluding steroid dienone is 19. The highest BCUT2D eigenvalue weighted by molar-refractivity contribution is 5.76. The molecule has 0 saturated carbocycles. The van der Waals surface area contributed by atoms with Crippen molar-refractivity contribution in [3.8, 4) is 0 Å². The number of unbranched alkanes of at least 4 members (excludes halogenated alkanes) is 41. The second kappa shape index (κ2) is 73.2. The fourth-order valence-electron chi connectivity index (χ4n) is 13.6. The number of rotatable bonds is 72. The molecule has 2 aliphatic rings. The minimum Gasteiger partial charge on any atom is -0.394 e. The molecule has 9 N–H and O–H groups in total. The molecule has 105 heavy (non-hydrogen) atoms. The summed E-state index contributed by atoms with van der Waals surface area (Å²) in [7, 11) is 0. The van der Waals surface area contributed by atoms with E-state index in [0.29, 0.717) is 12.8 Å². The maximum atomic E-state index is 13.4. The van der Waals surface area contributed by atoms with Gasteiger partial charge < -0.3 is 65.1 Å². The van der Waals surface area contributed by atoms with Gasteiger partial charge in [-0.15, -0.1) is 0 Å². The molecular formula is C91H159NO13. The molecule has 0 aromatic heterocycles. The highest BCUT2D eigenvalue weighted by Crippen LogP contribution is 2.30. The van der Waals surface area contributed by atoms with E-state index in [0.717, 1.165) is 83.5 Å². The van der Waals surface area contributed by atoms with Crippen molar-refractivity contribution in [1.82, 2.24) is 5.32 Å². The average molecular weight is 1480 g/mol. The number of aliphatic hydroxyl groups excluding tert-OH is 8. The van der Waals surface area contributed by atoms with E-state index in [1.807, 2.05) is 6.08 Å². The van der Waals surface area contributed by atoms with Gasteiger partial charge in [-0.3, -0.25) is 4.79 Å². The largest absolute Gasteiger partial charge is 0.394 e. The normalized spacial score (nSPS) is 22.0. The Hall–Kier alpha value is -3.61. The Morgan fingerprint density at radius 2 is 0.667 bits per heavy atom. The van der Waals surface area contributed by atoms with E-state index in [9.17, 15) is 45.6 Å². The number of aliphatic hydroxyl groups is 8. The Kier molecular flexibility index (Phi) is 68.0. The highest BCUT2D eigenvalue weighted by Gasteiger charge is 2.51. The van der Waals surface area contributed by atoms with Crippen molar-refractivity contribution in [2.45, 2.75) is 428 Å². The summed E-state index contributed by atoms with van der Waals surface area (Å²) in [5.74, 6) is -0.248. The molecule has 12 unspecified atom stereocenters. The lowest BCUT2D eigenvalue weighted by molar-refractivity contribution is -0.359. The molecule has 2 aliphatic heterocycles. The summed E-state index contributed by atoms with van der Waals surface area (Å²) < 4.78 is 22.9. The summed E-state index contributed by atoms with van der Waals surface area (Å²) in [6, 6.07) is -0.940. The first kappa shape index (κ1) is 97.5. The van der Waals surface area contributed by atoms with Gasteiger partial charge in [-0.2, -0.15) is 0 Å². The summed E-state index contributed by atoms with van der Waals surface area (Å²) in [4.78, 5) is 13.4. The second-order valence-electron chi connectivity index (χ2n) is 29.9. The quantitative estimate of drug-likeness (QED) is 0.0204. The van der Waals surface area contributed by atoms with Crippen LogP contribution in [0.4, 0.5) is 0 Å². The Balaban J connectivity index is 1.59. The number of carbonyl (C=O) groups is 1. The number of carbonyl (C=O) groups excluding carboxylic acids is 1. The van der Waals surface area contributed by atoms with Gasteiger partial charge >= 0.3 is 0 Å². The molecule has 2 rings (SSSR count). The summed E-state index contributed by atoms with van der Waals surface area (Å²) in [5.41, 5.74) is 0. The van der Waals surface area contributed by atoms with E-state index in [1.54, 1.807) is 6.08 Å². The lowest BCUT2D eigenvalue weighted by atomic mass is 9.97. The third kappa shape index (κ3) is 55.4. The van der Waals surface area contributed by atoms with Crippen molar-refractivity contribution >= 4 is 5.91 Å². The van der Waals surface area contributed by atoms with Gasteiger partial charge in [-0.1, -0.05) is 373 Å². The number of ether oxygens (including phenoxy) is 4. The maximum absolute atomic E-state index is 13.4. The van der Waals surface area contributed by atoms with Crippen LogP contribution in [0.25, 0.3) is 0 Å². The summed E-state index contributed by atoms with van der Waals surface area (Å²) >= 11 is 0. The summed E-state index contributed by atoms with van der Waals surface area (Å²) in [6.07, 6.45) is 91.5. The Morgan fingerprint density at radius 3 is 1.05 bits per heavy atom. The van der Waals surface area contributed by atoms with Gasteiger partial charge in [0.05, 0.1) is 32.0 Å². The molecule has 14 nitrogen and oxygen atoms in total. The van der Waals surface area contributed by atoms with Crippen LogP contribution in [0.2, 0.25) is 0 Å². The molecule has 0 bridgehead atoms. The zero-order chi connectivity index (χ0) is 75.8. The molecule has 0 aromatic carbocycles. The van der Waals surface area contributed by atoms with E-state index in [4.69, 9.17) is 18.9 Å². The lowest BCUT2D eigenvalue weighted by Crippen LogP contribution is -2.65. The topological polar surface area (TPSA) is 228 Å². The van der Waals surface area contributed by atoms with Crippen LogP contribution in [0.3, 0.4) is 0 Å². The smallest absolute Gasteiger partial charge is 0.220 e. The van der Waals surface area contributed by atoms with Crippen molar-refractivity contribution in [2.75, 3.05) is 19.8 Å². The van der Waals surface area contributed by atoms with E-state index in [2.05, 4.69) is 129 Å². The van der Waals surface area contributed by atoms with Crippen LogP contribution in [0, 0.1) is 0 Å². The monoisotopic (exact) mass is 1470 g/mol. The molecule has 12 atom stereocenters. The van der Waals surface area contributed by atoms with E-state index < -0.39 is 86.8 Å². The Morgan fingerprint density at radius 1 is 0.352 bits per heavy atom. The predicted molar refractivity (Wildman–Crippen MR) is 438 cm³/mol. The zero-order valence-electron chi connectivity index (χ0n) is 66.7. The van der Waals surface area contributed by atoms with Crippen LogP contribution in [0.1, 0.15) is 354 Å². The highest BCUT2D eigenvalue weighted by atomic mass is 16.7. The predicted octanol–water partition coefficient (Wildman–Crippen LogP) is 20.7. The van der Waals surface area contributed by atoms with Crippen molar-refractivity contribution in [3.63, 3.8) is 0 Å². The van der Waals surface area contributed by atoms with Gasteiger partial charge in [0.25, 0.3) is 0 Å². The lowest BCUT2D eigenvalue weighted by Gasteiger charge is -2.46. The molecule has 2 heterocycles. The Labute approximate surface area is 641 Å². The third-order valence-electron chi connectivity index (χ3n) is 20.4. The number of nitrogens with one attached hydrogen (secondary N) is 1. The van der Waals surface area contributed by atoms with Gasteiger partial charge in [-0.25, -0.2) is 0 Å². The SMILES string of the molecule is CC/C=C\C/C=C\C/C=C\C/C=C\C/C=C\C/C=C\C/C=C\C/C=C\CCCCCCCCCCCCCCCCCCC(=O)NC(COC1OC(CO)C(OC2OC(CO)C(O)C(O)C2O)C(O)C1O)C(O)/C=C/CC/C=C/CCCCCCCCCCCCCCCCCCCCCCCCCC. The minimum atomic E-state index is -1.80. The van der Waals surface area contributed by atoms with E-state index in [1.165, 1.54) is 238 Å². The third-order valence-corrected chi connectivity index (χ3v) is 20.4. The second-order valence-corrected chi connectivity index (χ2v) is 29.9. The Bertz CT molecular complexity index is 2240. The van der Waals surface area contributed by atoms with Gasteiger partial charge in [0, 0.05) is 6.42 Å². The van der Waals surface area contributed by atoms with Gasteiger partial charge in [-0.05, 0) is 96.3 Å². The van der Waals surface area contributed by atoms with Crippen LogP contribution in [-0.4, -0.2) is 140 Å². The van der Waals surface area contributed by atoms with E-state index in [-0.39, 0.29) is 18.9 Å². The maximum Gasteiger partial charge on any atom is 0.220 e. The van der Waals surface area contributed by atoms with Crippen LogP contribution in [0.5, 0.6) is 0 Å². The molecule has 606 valence electrons. The van der Waals surface area contributed by atoms with Crippen molar-refractivity contribution in [3.05, 3.63) is 122 Å². The molecular weight excluding hydrogens is 1310 g/mol. The average Bonchev–Trinajstić information content (AvgIpc) is 0.769. The molecule has 1 amide bonds. The first-order valence-corrected chi connectivity index (χ1v) is 43.3. The van der Waals surface area contributed by atoms with Crippen LogP contribution in [-0.2, 0) is 23.7 Å². The van der Waals surface area contributed by atoms with E-state index >= 15 is 0 Å². The fraction of sp³-hybridized carbons (Fsp3) is 0.769. The minimum absolute atomic E-state index is 0.248. The van der Waals surface area contributed by atoms with Crippen LogP contribution in [0.15, 0.2) is 122 Å². The van der Waals surface area contributed by atoms with Gasteiger partial charge in [0.1, 0.15) is 48.8 Å². The molecule has 0 aliphatic carbocycles. The first-order valence-electron chi connectivity index (χ1n) is 43.3. The van der Waals surface area contributed by atoms with Crippen LogP contribution < -0.4 is 5.32 Å². The van der Waals surface area contributed by atoms with Crippen molar-refractivity contribution < 1.29 is 64.6 Å². The molecule has 2 fully saturated rings. The first-order chi connectivity index (χ1) is 51.6. The fourth-order valence-corrected chi connectivity index (χ4v) is 13.6. The zero-order valence-corrected chi connectivity index (χ0v) is 66.7. The molecule has 0 radical (unpaired) electrons. The summed E-state index contributed by atoms with van der Waals surface area (Å²) in [5, 5.41) is 87.8. The van der Waals surface area contributed by atoms with Crippen molar-refractivity contribution in [1.29, 1.82) is 0 Å². The molecule has 0 aromatic rings. The molecule has 2 saturated heterocycles. The molecule has 0 spiro atoms. The van der Waals surface area contributed by atoms with Gasteiger partial charge in [0.2, 0.25) is 5.91 Å². The van der Waals surface area contributed by atoms with Crippen LogP contribution >= 0.6 is 0 Å². The summed E-state index contributed by atoms with van der Waals surface area (Å²) in [6.45, 7) is 2.71. The number of hydrogen-bond acceptors (Lipinski definition) is 13.